The standard InChI is InChI=1S/C19H17FN4O2S/c1-12-6-13(2-3-15(12)20)8-21-18(25)16-7-17(24-11-23-16)19(26)22-9-14-4-5-27-10-14/h2-7,10-11H,8-9H2,1H3,(H,21,25)(H,22,26). The van der Waals surface area contributed by atoms with Crippen molar-refractivity contribution in [3.63, 3.8) is 0 Å². The zero-order valence-corrected chi connectivity index (χ0v) is 15.3. The Balaban J connectivity index is 1.60. The summed E-state index contributed by atoms with van der Waals surface area (Å²) in [4.78, 5) is 32.3. The van der Waals surface area contributed by atoms with Crippen molar-refractivity contribution in [2.45, 2.75) is 20.0 Å². The highest BCUT2D eigenvalue weighted by molar-refractivity contribution is 7.07. The van der Waals surface area contributed by atoms with Gasteiger partial charge in [-0.25, -0.2) is 14.4 Å². The van der Waals surface area contributed by atoms with E-state index in [0.29, 0.717) is 12.1 Å². The third-order valence-electron chi connectivity index (χ3n) is 3.84. The van der Waals surface area contributed by atoms with Gasteiger partial charge in [-0.3, -0.25) is 9.59 Å². The fraction of sp³-hybridized carbons (Fsp3) is 0.158. The second kappa shape index (κ2) is 8.50. The van der Waals surface area contributed by atoms with Gasteiger partial charge in [-0.1, -0.05) is 12.1 Å². The van der Waals surface area contributed by atoms with Crippen LogP contribution in [0.4, 0.5) is 4.39 Å². The quantitative estimate of drug-likeness (QED) is 0.685. The largest absolute Gasteiger partial charge is 0.347 e. The first-order chi connectivity index (χ1) is 13.0. The van der Waals surface area contributed by atoms with Crippen molar-refractivity contribution in [3.05, 3.63) is 81.3 Å². The summed E-state index contributed by atoms with van der Waals surface area (Å²) in [6.07, 6.45) is 1.18. The van der Waals surface area contributed by atoms with Crippen molar-refractivity contribution < 1.29 is 14.0 Å². The molecule has 0 bridgehead atoms. The van der Waals surface area contributed by atoms with Crippen LogP contribution in [-0.4, -0.2) is 21.8 Å². The first kappa shape index (κ1) is 18.7. The number of carbonyl (C=O) groups is 2. The highest BCUT2D eigenvalue weighted by Crippen LogP contribution is 2.09. The fourth-order valence-corrected chi connectivity index (χ4v) is 3.03. The van der Waals surface area contributed by atoms with Crippen LogP contribution in [0.15, 0.2) is 47.4 Å². The molecule has 0 aliphatic heterocycles. The molecule has 0 fully saturated rings. The minimum atomic E-state index is -0.439. The van der Waals surface area contributed by atoms with Gasteiger partial charge in [0.05, 0.1) is 0 Å². The van der Waals surface area contributed by atoms with Gasteiger partial charge in [0, 0.05) is 19.2 Å². The molecule has 1 aromatic carbocycles. The molecular formula is C19H17FN4O2S. The molecule has 8 heteroatoms. The summed E-state index contributed by atoms with van der Waals surface area (Å²) < 4.78 is 13.3. The van der Waals surface area contributed by atoms with Gasteiger partial charge in [-0.2, -0.15) is 11.3 Å². The predicted octanol–water partition coefficient (Wildman–Crippen LogP) is 2.85. The Kier molecular flexibility index (Phi) is 5.87. The average molecular weight is 384 g/mol. The number of aromatic nitrogens is 2. The number of rotatable bonds is 6. The molecule has 2 heterocycles. The lowest BCUT2D eigenvalue weighted by molar-refractivity contribution is 0.0944. The molecule has 0 saturated carbocycles. The number of amides is 2. The molecule has 0 aliphatic carbocycles. The number of carbonyl (C=O) groups excluding carboxylic acids is 2. The van der Waals surface area contributed by atoms with Crippen LogP contribution in [0.3, 0.4) is 0 Å². The highest BCUT2D eigenvalue weighted by Gasteiger charge is 2.13. The summed E-state index contributed by atoms with van der Waals surface area (Å²) in [6, 6.07) is 7.89. The number of halogens is 1. The van der Waals surface area contributed by atoms with Gasteiger partial charge in [0.15, 0.2) is 0 Å². The van der Waals surface area contributed by atoms with E-state index in [1.54, 1.807) is 30.4 Å². The van der Waals surface area contributed by atoms with Gasteiger partial charge in [0.2, 0.25) is 0 Å². The van der Waals surface area contributed by atoms with Gasteiger partial charge >= 0.3 is 0 Å². The van der Waals surface area contributed by atoms with Gasteiger partial charge in [0.1, 0.15) is 23.5 Å². The SMILES string of the molecule is Cc1cc(CNC(=O)c2cc(C(=O)NCc3ccsc3)ncn2)ccc1F. The molecule has 0 spiro atoms. The van der Waals surface area contributed by atoms with Crippen molar-refractivity contribution in [1.82, 2.24) is 20.6 Å². The minimum Gasteiger partial charge on any atom is -0.347 e. The van der Waals surface area contributed by atoms with Crippen LogP contribution >= 0.6 is 11.3 Å². The molecular weight excluding hydrogens is 367 g/mol. The molecule has 3 aromatic rings. The van der Waals surface area contributed by atoms with Crippen LogP contribution in [0.1, 0.15) is 37.7 Å². The lowest BCUT2D eigenvalue weighted by Crippen LogP contribution is -2.27. The summed E-state index contributed by atoms with van der Waals surface area (Å²) >= 11 is 1.55. The number of nitrogens with one attached hydrogen (secondary N) is 2. The number of thiophene rings is 1. The second-order valence-corrected chi connectivity index (χ2v) is 6.65. The second-order valence-electron chi connectivity index (χ2n) is 5.87. The molecule has 6 nitrogen and oxygen atoms in total. The third-order valence-corrected chi connectivity index (χ3v) is 4.57. The molecule has 2 amide bonds. The lowest BCUT2D eigenvalue weighted by atomic mass is 10.1. The summed E-state index contributed by atoms with van der Waals surface area (Å²) in [7, 11) is 0. The van der Waals surface area contributed by atoms with E-state index < -0.39 is 5.91 Å². The van der Waals surface area contributed by atoms with Gasteiger partial charge in [-0.05, 0) is 46.5 Å². The molecule has 2 N–H and O–H groups in total. The van der Waals surface area contributed by atoms with Crippen molar-refractivity contribution in [3.8, 4) is 0 Å². The smallest absolute Gasteiger partial charge is 0.270 e. The number of hydrogen-bond acceptors (Lipinski definition) is 5. The topological polar surface area (TPSA) is 84.0 Å². The molecule has 0 atom stereocenters. The maximum atomic E-state index is 13.3. The molecule has 0 radical (unpaired) electrons. The van der Waals surface area contributed by atoms with Crippen molar-refractivity contribution in [1.29, 1.82) is 0 Å². The molecule has 0 unspecified atom stereocenters. The normalized spacial score (nSPS) is 10.4. The fourth-order valence-electron chi connectivity index (χ4n) is 2.36. The minimum absolute atomic E-state index is 0.0875. The van der Waals surface area contributed by atoms with E-state index >= 15 is 0 Å². The molecule has 3 rings (SSSR count). The number of aryl methyl sites for hydroxylation is 1. The highest BCUT2D eigenvalue weighted by atomic mass is 32.1. The average Bonchev–Trinajstić information content (AvgIpc) is 3.20. The van der Waals surface area contributed by atoms with E-state index in [1.807, 2.05) is 16.8 Å². The maximum absolute atomic E-state index is 13.3. The van der Waals surface area contributed by atoms with Crippen LogP contribution < -0.4 is 10.6 Å². The number of hydrogen-bond donors (Lipinski definition) is 2. The first-order valence-electron chi connectivity index (χ1n) is 8.17. The maximum Gasteiger partial charge on any atom is 0.270 e. The monoisotopic (exact) mass is 384 g/mol. The van der Waals surface area contributed by atoms with Crippen molar-refractivity contribution in [2.24, 2.45) is 0 Å². The first-order valence-corrected chi connectivity index (χ1v) is 9.12. The summed E-state index contributed by atoms with van der Waals surface area (Å²) in [5, 5.41) is 9.32. The zero-order chi connectivity index (χ0) is 19.2. The van der Waals surface area contributed by atoms with E-state index in [4.69, 9.17) is 0 Å². The van der Waals surface area contributed by atoms with E-state index in [1.165, 1.54) is 18.5 Å². The summed E-state index contributed by atoms with van der Waals surface area (Å²) in [6.45, 7) is 2.27. The van der Waals surface area contributed by atoms with Crippen LogP contribution in [0.5, 0.6) is 0 Å². The van der Waals surface area contributed by atoms with E-state index in [0.717, 1.165) is 11.1 Å². The summed E-state index contributed by atoms with van der Waals surface area (Å²) in [5.74, 6) is -1.11. The van der Waals surface area contributed by atoms with Crippen LogP contribution in [-0.2, 0) is 13.1 Å². The van der Waals surface area contributed by atoms with Crippen molar-refractivity contribution in [2.75, 3.05) is 0 Å². The Labute approximate surface area is 159 Å². The molecule has 27 heavy (non-hydrogen) atoms. The molecule has 0 saturated heterocycles. The van der Waals surface area contributed by atoms with E-state index in [-0.39, 0.29) is 29.7 Å². The zero-order valence-electron chi connectivity index (χ0n) is 14.5. The van der Waals surface area contributed by atoms with Crippen LogP contribution in [0, 0.1) is 12.7 Å². The predicted molar refractivity (Wildman–Crippen MR) is 99.8 cm³/mol. The van der Waals surface area contributed by atoms with E-state index in [9.17, 15) is 14.0 Å². The van der Waals surface area contributed by atoms with Gasteiger partial charge in [0.25, 0.3) is 11.8 Å². The lowest BCUT2D eigenvalue weighted by Gasteiger charge is -2.07. The summed E-state index contributed by atoms with van der Waals surface area (Å²) in [5.41, 5.74) is 2.47. The van der Waals surface area contributed by atoms with E-state index in [2.05, 4.69) is 20.6 Å². The molecule has 138 valence electrons. The Bertz CT molecular complexity index is 960. The number of benzene rings is 1. The van der Waals surface area contributed by atoms with Crippen LogP contribution in [0.2, 0.25) is 0 Å². The van der Waals surface area contributed by atoms with Crippen LogP contribution in [0.25, 0.3) is 0 Å². The van der Waals surface area contributed by atoms with Crippen molar-refractivity contribution >= 4 is 23.2 Å². The Hall–Kier alpha value is -3.13. The third kappa shape index (κ3) is 4.95. The Morgan fingerprint density at radius 2 is 1.67 bits per heavy atom. The molecule has 2 aromatic heterocycles. The molecule has 0 aliphatic rings. The van der Waals surface area contributed by atoms with Gasteiger partial charge in [-0.15, -0.1) is 0 Å². The Morgan fingerprint density at radius 3 is 2.26 bits per heavy atom. The van der Waals surface area contributed by atoms with Gasteiger partial charge < -0.3 is 10.6 Å². The Morgan fingerprint density at radius 1 is 1.00 bits per heavy atom. The number of nitrogens with zero attached hydrogens (tertiary/aromatic N) is 2.